The molecule has 1 rings (SSSR count). The Kier molecular flexibility index (Phi) is 5.94. The van der Waals surface area contributed by atoms with E-state index in [-0.39, 0.29) is 0 Å². The topological polar surface area (TPSA) is 29.3 Å². The zero-order valence-electron chi connectivity index (χ0n) is 12.3. The summed E-state index contributed by atoms with van der Waals surface area (Å²) in [6.07, 6.45) is 6.62. The number of rotatable bonds is 8. The first-order valence-corrected chi connectivity index (χ1v) is 7.45. The summed E-state index contributed by atoms with van der Waals surface area (Å²) in [6.45, 7) is 12.6. The molecule has 0 unspecified atom stereocenters. The minimum atomic E-state index is 0.365. The average Bonchev–Trinajstić information content (AvgIpc) is 2.19. The normalized spacial score (nSPS) is 19.1. The fourth-order valence-corrected chi connectivity index (χ4v) is 2.65. The number of hydrogen-bond donors (Lipinski definition) is 1. The Morgan fingerprint density at radius 3 is 1.71 bits per heavy atom. The van der Waals surface area contributed by atoms with Crippen LogP contribution in [0.2, 0.25) is 0 Å². The van der Waals surface area contributed by atoms with E-state index in [1.54, 1.807) is 0 Å². The lowest BCUT2D eigenvalue weighted by Crippen LogP contribution is -2.59. The summed E-state index contributed by atoms with van der Waals surface area (Å²) >= 11 is 0. The number of hydrogen-bond acceptors (Lipinski definition) is 2. The van der Waals surface area contributed by atoms with Gasteiger partial charge in [0.15, 0.2) is 0 Å². The van der Waals surface area contributed by atoms with Gasteiger partial charge in [-0.3, -0.25) is 4.90 Å². The van der Waals surface area contributed by atoms with Crippen LogP contribution < -0.4 is 5.73 Å². The van der Waals surface area contributed by atoms with Gasteiger partial charge in [-0.25, -0.2) is 0 Å². The Bertz CT molecular complexity index is 189. The third-order valence-electron chi connectivity index (χ3n) is 4.29. The van der Waals surface area contributed by atoms with Gasteiger partial charge in [0, 0.05) is 12.1 Å². The highest BCUT2D eigenvalue weighted by Crippen LogP contribution is 2.37. The van der Waals surface area contributed by atoms with E-state index in [0.29, 0.717) is 5.54 Å². The van der Waals surface area contributed by atoms with Crippen LogP contribution in [-0.4, -0.2) is 30.1 Å². The second kappa shape index (κ2) is 6.75. The lowest BCUT2D eigenvalue weighted by atomic mass is 9.75. The standard InChI is InChI=1S/C15H32N2/c1-13(2)6-10-17(11-7-14(3)4)15(12-16)8-5-9-15/h13-14H,5-12,16H2,1-4H3. The van der Waals surface area contributed by atoms with E-state index in [9.17, 15) is 0 Å². The molecule has 0 aliphatic heterocycles. The SMILES string of the molecule is CC(C)CCN(CCC(C)C)C1(CN)CCC1. The molecule has 0 heterocycles. The van der Waals surface area contributed by atoms with Gasteiger partial charge in [0.1, 0.15) is 0 Å². The van der Waals surface area contributed by atoms with E-state index < -0.39 is 0 Å². The molecule has 1 aliphatic carbocycles. The molecule has 0 atom stereocenters. The molecule has 2 heteroatoms. The Balaban J connectivity index is 2.51. The molecule has 0 aromatic heterocycles. The van der Waals surface area contributed by atoms with E-state index >= 15 is 0 Å². The lowest BCUT2D eigenvalue weighted by molar-refractivity contribution is 0.0166. The predicted octanol–water partition coefficient (Wildman–Crippen LogP) is 3.26. The lowest BCUT2D eigenvalue weighted by Gasteiger charge is -2.50. The Labute approximate surface area is 108 Å². The molecule has 17 heavy (non-hydrogen) atoms. The fourth-order valence-electron chi connectivity index (χ4n) is 2.65. The second-order valence-electron chi connectivity index (χ2n) is 6.63. The molecule has 0 saturated heterocycles. The second-order valence-corrected chi connectivity index (χ2v) is 6.63. The molecule has 2 N–H and O–H groups in total. The van der Waals surface area contributed by atoms with Crippen LogP contribution in [0.5, 0.6) is 0 Å². The average molecular weight is 240 g/mol. The van der Waals surface area contributed by atoms with Crippen molar-refractivity contribution >= 4 is 0 Å². The van der Waals surface area contributed by atoms with Crippen LogP contribution in [0.4, 0.5) is 0 Å². The molecule has 0 amide bonds. The van der Waals surface area contributed by atoms with E-state index in [4.69, 9.17) is 5.73 Å². The third-order valence-corrected chi connectivity index (χ3v) is 4.29. The van der Waals surface area contributed by atoms with Crippen molar-refractivity contribution in [2.24, 2.45) is 17.6 Å². The summed E-state index contributed by atoms with van der Waals surface area (Å²) in [6, 6.07) is 0. The molecular weight excluding hydrogens is 208 g/mol. The van der Waals surface area contributed by atoms with Crippen LogP contribution in [0.3, 0.4) is 0 Å². The Morgan fingerprint density at radius 2 is 1.47 bits per heavy atom. The largest absolute Gasteiger partial charge is 0.329 e. The summed E-state index contributed by atoms with van der Waals surface area (Å²) in [7, 11) is 0. The zero-order chi connectivity index (χ0) is 12.9. The van der Waals surface area contributed by atoms with Crippen LogP contribution in [-0.2, 0) is 0 Å². The predicted molar refractivity (Wildman–Crippen MR) is 76.1 cm³/mol. The summed E-state index contributed by atoms with van der Waals surface area (Å²) in [4.78, 5) is 2.70. The molecule has 0 aromatic rings. The Hall–Kier alpha value is -0.0800. The van der Waals surface area contributed by atoms with Crippen molar-refractivity contribution < 1.29 is 0 Å². The highest BCUT2D eigenvalue weighted by molar-refractivity contribution is 4.98. The molecule has 0 radical (unpaired) electrons. The van der Waals surface area contributed by atoms with Crippen LogP contribution in [0, 0.1) is 11.8 Å². The van der Waals surface area contributed by atoms with Gasteiger partial charge in [-0.1, -0.05) is 27.7 Å². The van der Waals surface area contributed by atoms with Gasteiger partial charge in [-0.2, -0.15) is 0 Å². The molecular formula is C15H32N2. The van der Waals surface area contributed by atoms with E-state index in [1.165, 1.54) is 45.2 Å². The van der Waals surface area contributed by atoms with E-state index in [2.05, 4.69) is 32.6 Å². The van der Waals surface area contributed by atoms with Gasteiger partial charge >= 0.3 is 0 Å². The van der Waals surface area contributed by atoms with Crippen molar-refractivity contribution in [3.63, 3.8) is 0 Å². The highest BCUT2D eigenvalue weighted by Gasteiger charge is 2.40. The maximum atomic E-state index is 6.04. The van der Waals surface area contributed by atoms with Crippen molar-refractivity contribution in [2.45, 2.75) is 65.3 Å². The fraction of sp³-hybridized carbons (Fsp3) is 1.00. The molecule has 0 aromatic carbocycles. The van der Waals surface area contributed by atoms with Gasteiger partial charge < -0.3 is 5.73 Å². The molecule has 2 nitrogen and oxygen atoms in total. The first kappa shape index (κ1) is 15.0. The molecule has 102 valence electrons. The molecule has 0 bridgehead atoms. The number of nitrogens with zero attached hydrogens (tertiary/aromatic N) is 1. The minimum Gasteiger partial charge on any atom is -0.329 e. The van der Waals surface area contributed by atoms with Gasteiger partial charge in [0.25, 0.3) is 0 Å². The third kappa shape index (κ3) is 4.26. The molecule has 1 aliphatic rings. The summed E-state index contributed by atoms with van der Waals surface area (Å²) in [5, 5.41) is 0. The van der Waals surface area contributed by atoms with Crippen molar-refractivity contribution in [1.29, 1.82) is 0 Å². The molecule has 0 spiro atoms. The van der Waals surface area contributed by atoms with Crippen molar-refractivity contribution in [2.75, 3.05) is 19.6 Å². The van der Waals surface area contributed by atoms with Crippen LogP contribution >= 0.6 is 0 Å². The van der Waals surface area contributed by atoms with Gasteiger partial charge in [-0.05, 0) is 57.0 Å². The van der Waals surface area contributed by atoms with Gasteiger partial charge in [-0.15, -0.1) is 0 Å². The maximum Gasteiger partial charge on any atom is 0.0331 e. The van der Waals surface area contributed by atoms with Crippen LogP contribution in [0.1, 0.15) is 59.8 Å². The van der Waals surface area contributed by atoms with E-state index in [0.717, 1.165) is 18.4 Å². The zero-order valence-corrected chi connectivity index (χ0v) is 12.3. The monoisotopic (exact) mass is 240 g/mol. The van der Waals surface area contributed by atoms with Crippen LogP contribution in [0.25, 0.3) is 0 Å². The van der Waals surface area contributed by atoms with Gasteiger partial charge in [0.05, 0.1) is 0 Å². The highest BCUT2D eigenvalue weighted by atomic mass is 15.2. The van der Waals surface area contributed by atoms with Gasteiger partial charge in [0.2, 0.25) is 0 Å². The molecule has 1 fully saturated rings. The summed E-state index contributed by atoms with van der Waals surface area (Å²) in [5.41, 5.74) is 6.41. The maximum absolute atomic E-state index is 6.04. The first-order valence-electron chi connectivity index (χ1n) is 7.45. The van der Waals surface area contributed by atoms with Crippen molar-refractivity contribution in [3.8, 4) is 0 Å². The van der Waals surface area contributed by atoms with Crippen molar-refractivity contribution in [3.05, 3.63) is 0 Å². The Morgan fingerprint density at radius 1 is 1.00 bits per heavy atom. The van der Waals surface area contributed by atoms with E-state index in [1.807, 2.05) is 0 Å². The summed E-state index contributed by atoms with van der Waals surface area (Å²) in [5.74, 6) is 1.60. The first-order chi connectivity index (χ1) is 8.00. The quantitative estimate of drug-likeness (QED) is 0.705. The van der Waals surface area contributed by atoms with Crippen molar-refractivity contribution in [1.82, 2.24) is 4.90 Å². The molecule has 1 saturated carbocycles. The number of nitrogens with two attached hydrogens (primary N) is 1. The van der Waals surface area contributed by atoms with Crippen LogP contribution in [0.15, 0.2) is 0 Å². The summed E-state index contributed by atoms with van der Waals surface area (Å²) < 4.78 is 0. The smallest absolute Gasteiger partial charge is 0.0331 e. The minimum absolute atomic E-state index is 0.365.